The first-order valence-electron chi connectivity index (χ1n) is 2.12. The molecule has 1 aliphatic heterocycles. The van der Waals surface area contributed by atoms with E-state index in [4.69, 9.17) is 0 Å². The molecule has 0 saturated carbocycles. The van der Waals surface area contributed by atoms with Crippen LogP contribution in [0.4, 0.5) is 4.70 Å². The van der Waals surface area contributed by atoms with Crippen molar-refractivity contribution < 1.29 is 9.77 Å². The van der Waals surface area contributed by atoms with E-state index < -0.39 is 0 Å². The number of hydroxylamine groups is 2. The highest BCUT2D eigenvalue weighted by Gasteiger charge is 2.02. The second-order valence-electron chi connectivity index (χ2n) is 1.47. The first-order chi connectivity index (χ1) is 2.89. The molecule has 4 heteroatoms. The van der Waals surface area contributed by atoms with Gasteiger partial charge in [-0.2, -0.15) is 0 Å². The fourth-order valence-electron chi connectivity index (χ4n) is 0.544. The average molecular weight is 108 g/mol. The van der Waals surface area contributed by atoms with Crippen LogP contribution in [0.25, 0.3) is 0 Å². The summed E-state index contributed by atoms with van der Waals surface area (Å²) in [4.78, 5) is 0. The van der Waals surface area contributed by atoms with Gasteiger partial charge in [-0.1, -0.05) is 0 Å². The molecular formula is C3H9FN2O. The Kier molecular flexibility index (Phi) is 2.82. The predicted molar refractivity (Wildman–Crippen MR) is 24.6 cm³/mol. The molecule has 0 spiro atoms. The van der Waals surface area contributed by atoms with E-state index in [9.17, 15) is 5.21 Å². The van der Waals surface area contributed by atoms with E-state index in [1.165, 1.54) is 0 Å². The van der Waals surface area contributed by atoms with Crippen LogP contribution in [-0.4, -0.2) is 19.8 Å². The predicted octanol–water partition coefficient (Wildman–Crippen LogP) is -1.92. The Morgan fingerprint density at radius 3 is 2.43 bits per heavy atom. The molecule has 2 N–H and O–H groups in total. The normalized spacial score (nSPS) is 29.6. The van der Waals surface area contributed by atoms with Crippen molar-refractivity contribution in [1.29, 1.82) is 0 Å². The number of rotatable bonds is 0. The maximum absolute atomic E-state index is 10.2. The van der Waals surface area contributed by atoms with E-state index in [0.29, 0.717) is 11.7 Å². The van der Waals surface area contributed by atoms with Crippen LogP contribution in [-0.2, 0) is 0 Å². The lowest BCUT2D eigenvalue weighted by molar-refractivity contribution is -0.834. The fraction of sp³-hybridized carbons (Fsp3) is 1.00. The minimum Gasteiger partial charge on any atom is -0.633 e. The molecule has 1 aliphatic rings. The minimum absolute atomic E-state index is 0. The highest BCUT2D eigenvalue weighted by Crippen LogP contribution is 1.54. The van der Waals surface area contributed by atoms with Gasteiger partial charge in [-0.25, -0.2) is 0 Å². The van der Waals surface area contributed by atoms with Crippen LogP contribution in [0, 0.1) is 5.21 Å². The van der Waals surface area contributed by atoms with Crippen molar-refractivity contribution in [3.8, 4) is 0 Å². The summed E-state index contributed by atoms with van der Waals surface area (Å²) in [5.41, 5.74) is 0. The molecule has 1 atom stereocenters. The van der Waals surface area contributed by atoms with E-state index in [0.717, 1.165) is 13.1 Å². The zero-order valence-corrected chi connectivity index (χ0v) is 3.94. The van der Waals surface area contributed by atoms with Gasteiger partial charge in [0.2, 0.25) is 0 Å². The van der Waals surface area contributed by atoms with Crippen LogP contribution < -0.4 is 10.4 Å². The van der Waals surface area contributed by atoms with E-state index in [-0.39, 0.29) is 4.70 Å². The Labute approximate surface area is 41.2 Å². The van der Waals surface area contributed by atoms with Gasteiger partial charge in [0.25, 0.3) is 0 Å². The third-order valence-corrected chi connectivity index (χ3v) is 0.903. The lowest BCUT2D eigenvalue weighted by Gasteiger charge is -2.10. The summed E-state index contributed by atoms with van der Waals surface area (Å²) in [5, 5.41) is 13.4. The summed E-state index contributed by atoms with van der Waals surface area (Å²) in [7, 11) is 0. The molecular weight excluding hydrogens is 99.0 g/mol. The lowest BCUT2D eigenvalue weighted by Crippen LogP contribution is -3.05. The summed E-state index contributed by atoms with van der Waals surface area (Å²) >= 11 is 0. The monoisotopic (exact) mass is 108 g/mol. The maximum Gasteiger partial charge on any atom is 0.130 e. The topological polar surface area (TPSA) is 39.5 Å². The average Bonchev–Trinajstić information content (AvgIpc) is 1.86. The fourth-order valence-corrected chi connectivity index (χ4v) is 0.544. The summed E-state index contributed by atoms with van der Waals surface area (Å²) in [6, 6.07) is 0. The van der Waals surface area contributed by atoms with Crippen molar-refractivity contribution in [3.05, 3.63) is 5.21 Å². The van der Waals surface area contributed by atoms with Gasteiger partial charge in [0, 0.05) is 6.54 Å². The molecule has 1 saturated heterocycles. The van der Waals surface area contributed by atoms with E-state index >= 15 is 0 Å². The van der Waals surface area contributed by atoms with Gasteiger partial charge in [0.1, 0.15) is 6.67 Å². The molecule has 44 valence electrons. The highest BCUT2D eigenvalue weighted by atomic mass is 19.0. The molecule has 3 nitrogen and oxygen atoms in total. The molecule has 1 heterocycles. The second-order valence-corrected chi connectivity index (χ2v) is 1.47. The molecule has 0 aromatic rings. The minimum atomic E-state index is 0. The first kappa shape index (κ1) is 6.81. The van der Waals surface area contributed by atoms with Crippen LogP contribution >= 0.6 is 0 Å². The van der Waals surface area contributed by atoms with Crippen LogP contribution in [0.1, 0.15) is 0 Å². The van der Waals surface area contributed by atoms with Crippen LogP contribution in [0.2, 0.25) is 0 Å². The van der Waals surface area contributed by atoms with Crippen molar-refractivity contribution >= 4 is 0 Å². The zero-order valence-electron chi connectivity index (χ0n) is 3.94. The third kappa shape index (κ3) is 1.82. The van der Waals surface area contributed by atoms with Crippen LogP contribution in [0.3, 0.4) is 0 Å². The van der Waals surface area contributed by atoms with Gasteiger partial charge in [-0.15, -0.1) is 0 Å². The van der Waals surface area contributed by atoms with Gasteiger partial charge >= 0.3 is 0 Å². The van der Waals surface area contributed by atoms with Crippen molar-refractivity contribution in [2.75, 3.05) is 19.8 Å². The van der Waals surface area contributed by atoms with Crippen molar-refractivity contribution in [2.24, 2.45) is 0 Å². The van der Waals surface area contributed by atoms with E-state index in [1.807, 2.05) is 0 Å². The summed E-state index contributed by atoms with van der Waals surface area (Å²) in [6.07, 6.45) is 0. The van der Waals surface area contributed by atoms with Crippen molar-refractivity contribution in [2.45, 2.75) is 0 Å². The molecule has 1 rings (SSSR count). The number of halogens is 1. The van der Waals surface area contributed by atoms with E-state index in [1.54, 1.807) is 0 Å². The highest BCUT2D eigenvalue weighted by molar-refractivity contribution is 4.42. The smallest absolute Gasteiger partial charge is 0.130 e. The molecule has 0 radical (unpaired) electrons. The van der Waals surface area contributed by atoms with Gasteiger partial charge in [0.15, 0.2) is 0 Å². The molecule has 0 aromatic carbocycles. The molecule has 0 aromatic heterocycles. The van der Waals surface area contributed by atoms with Crippen LogP contribution in [0.15, 0.2) is 0 Å². The number of nitrogens with one attached hydrogen (secondary N) is 2. The summed E-state index contributed by atoms with van der Waals surface area (Å²) in [6.45, 7) is 2.22. The standard InChI is InChI=1S/C3H8N2O.FH/c6-5-2-1-4-3-5;/h4-5H,1-3H2;1H. The molecule has 0 aliphatic carbocycles. The molecule has 7 heavy (non-hydrogen) atoms. The second kappa shape index (κ2) is 2.90. The Balaban J connectivity index is 0.000000360. The quantitative estimate of drug-likeness (QED) is 0.355. The Morgan fingerprint density at radius 2 is 2.29 bits per heavy atom. The van der Waals surface area contributed by atoms with Crippen LogP contribution in [0.5, 0.6) is 0 Å². The number of quaternary nitrogens is 1. The van der Waals surface area contributed by atoms with Gasteiger partial charge in [-0.3, -0.25) is 10.0 Å². The van der Waals surface area contributed by atoms with Crippen molar-refractivity contribution in [1.82, 2.24) is 5.32 Å². The zero-order chi connectivity index (χ0) is 4.41. The Bertz CT molecular complexity index is 46.2. The summed E-state index contributed by atoms with van der Waals surface area (Å²) in [5.74, 6) is 0. The molecule has 0 amide bonds. The largest absolute Gasteiger partial charge is 0.633 e. The molecule has 1 unspecified atom stereocenters. The van der Waals surface area contributed by atoms with Gasteiger partial charge in [0.05, 0.1) is 6.54 Å². The number of hydrogen-bond donors (Lipinski definition) is 2. The maximum atomic E-state index is 10.2. The third-order valence-electron chi connectivity index (χ3n) is 0.903. The van der Waals surface area contributed by atoms with Gasteiger partial charge < -0.3 is 10.3 Å². The Hall–Kier alpha value is -0.190. The Morgan fingerprint density at radius 1 is 1.57 bits per heavy atom. The first-order valence-corrected chi connectivity index (χ1v) is 2.12. The molecule has 0 bridgehead atoms. The lowest BCUT2D eigenvalue weighted by atomic mass is 10.7. The van der Waals surface area contributed by atoms with Crippen molar-refractivity contribution in [3.63, 3.8) is 0 Å². The molecule has 1 fully saturated rings. The van der Waals surface area contributed by atoms with Gasteiger partial charge in [-0.05, 0) is 0 Å². The summed E-state index contributed by atoms with van der Waals surface area (Å²) < 4.78 is 0. The number of hydrogen-bond acceptors (Lipinski definition) is 2. The van der Waals surface area contributed by atoms with E-state index in [2.05, 4.69) is 5.32 Å². The SMILES string of the molecule is F.[O-][NH+]1CCNC1.